The van der Waals surface area contributed by atoms with Gasteiger partial charge in [0.15, 0.2) is 0 Å². The minimum absolute atomic E-state index is 0.0260. The van der Waals surface area contributed by atoms with Gasteiger partial charge in [-0.3, -0.25) is 9.48 Å². The second-order valence-electron chi connectivity index (χ2n) is 6.63. The Balaban J connectivity index is 1.67. The van der Waals surface area contributed by atoms with Crippen molar-refractivity contribution in [1.29, 1.82) is 0 Å². The number of hydrogen-bond donors (Lipinski definition) is 1. The minimum Gasteiger partial charge on any atom is -0.345 e. The third-order valence-corrected chi connectivity index (χ3v) is 4.57. The number of hydrogen-bond acceptors (Lipinski definition) is 2. The average Bonchev–Trinajstić information content (AvgIpc) is 2.97. The summed E-state index contributed by atoms with van der Waals surface area (Å²) in [7, 11) is 0. The molecule has 26 heavy (non-hydrogen) atoms. The molecule has 0 saturated heterocycles. The van der Waals surface area contributed by atoms with Gasteiger partial charge in [0.25, 0.3) is 5.91 Å². The fraction of sp³-hybridized carbons (Fsp3) is 0.273. The lowest BCUT2D eigenvalue weighted by atomic mass is 10.0. The number of benzene rings is 2. The number of nitrogens with one attached hydrogen (secondary N) is 1. The molecule has 2 aromatic carbocycles. The molecule has 0 fully saturated rings. The Kier molecular flexibility index (Phi) is 5.52. The van der Waals surface area contributed by atoms with Crippen LogP contribution in [0.2, 0.25) is 0 Å². The van der Waals surface area contributed by atoms with Gasteiger partial charge in [0.05, 0.1) is 18.3 Å². The highest BCUT2D eigenvalue weighted by molar-refractivity contribution is 5.94. The lowest BCUT2D eigenvalue weighted by Crippen LogP contribution is -2.28. The molecular formula is C22H25N3O. The van der Waals surface area contributed by atoms with Crippen LogP contribution in [0.4, 0.5) is 0 Å². The zero-order chi connectivity index (χ0) is 18.5. The summed E-state index contributed by atoms with van der Waals surface area (Å²) in [5.41, 5.74) is 5.09. The van der Waals surface area contributed by atoms with Crippen molar-refractivity contribution in [2.45, 2.75) is 39.8 Å². The van der Waals surface area contributed by atoms with E-state index in [0.717, 1.165) is 28.9 Å². The van der Waals surface area contributed by atoms with Gasteiger partial charge in [0.2, 0.25) is 0 Å². The van der Waals surface area contributed by atoms with Crippen LogP contribution in [0.15, 0.2) is 60.7 Å². The van der Waals surface area contributed by atoms with E-state index >= 15 is 0 Å². The minimum atomic E-state index is -0.0432. The first kappa shape index (κ1) is 17.9. The molecule has 0 saturated carbocycles. The summed E-state index contributed by atoms with van der Waals surface area (Å²) in [5, 5.41) is 7.61. The van der Waals surface area contributed by atoms with Crippen LogP contribution in [0.25, 0.3) is 0 Å². The summed E-state index contributed by atoms with van der Waals surface area (Å²) in [6, 6.07) is 19.9. The van der Waals surface area contributed by atoms with Crippen LogP contribution in [0, 0.1) is 13.8 Å². The highest BCUT2D eigenvalue weighted by Crippen LogP contribution is 2.17. The van der Waals surface area contributed by atoms with E-state index in [2.05, 4.69) is 30.3 Å². The summed E-state index contributed by atoms with van der Waals surface area (Å²) in [5.74, 6) is -0.0432. The van der Waals surface area contributed by atoms with E-state index in [-0.39, 0.29) is 11.9 Å². The lowest BCUT2D eigenvalue weighted by molar-refractivity contribution is 0.0935. The number of amides is 1. The van der Waals surface area contributed by atoms with E-state index in [1.54, 1.807) is 0 Å². The topological polar surface area (TPSA) is 46.9 Å². The number of aryl methyl sites for hydroxylation is 2. The number of rotatable bonds is 6. The summed E-state index contributed by atoms with van der Waals surface area (Å²) in [6.07, 6.45) is 0.853. The van der Waals surface area contributed by atoms with Gasteiger partial charge in [0, 0.05) is 11.3 Å². The van der Waals surface area contributed by atoms with Crippen molar-refractivity contribution < 1.29 is 4.79 Å². The highest BCUT2D eigenvalue weighted by atomic mass is 16.1. The van der Waals surface area contributed by atoms with Gasteiger partial charge in [-0.05, 0) is 49.6 Å². The molecule has 4 nitrogen and oxygen atoms in total. The third-order valence-electron chi connectivity index (χ3n) is 4.57. The van der Waals surface area contributed by atoms with Crippen molar-refractivity contribution in [2.24, 2.45) is 0 Å². The Morgan fingerprint density at radius 3 is 2.35 bits per heavy atom. The second kappa shape index (κ2) is 8.00. The molecule has 4 heteroatoms. The standard InChI is InChI=1S/C22H25N3O/c1-4-21(19-8-6-5-7-9-19)23-22(26)20-12-10-18(11-13-20)15-25-17(3)14-16(2)24-25/h5-14,21H,4,15H2,1-3H3,(H,23,26)/t21-/m1/s1. The van der Waals surface area contributed by atoms with Gasteiger partial charge in [-0.15, -0.1) is 0 Å². The average molecular weight is 347 g/mol. The Morgan fingerprint density at radius 1 is 1.08 bits per heavy atom. The first-order valence-electron chi connectivity index (χ1n) is 9.02. The molecule has 0 radical (unpaired) electrons. The van der Waals surface area contributed by atoms with Gasteiger partial charge in [-0.25, -0.2) is 0 Å². The molecule has 0 bridgehead atoms. The molecule has 1 N–H and O–H groups in total. The summed E-state index contributed by atoms with van der Waals surface area (Å²) in [6.45, 7) is 6.84. The molecule has 1 amide bonds. The smallest absolute Gasteiger partial charge is 0.251 e. The lowest BCUT2D eigenvalue weighted by Gasteiger charge is -2.17. The van der Waals surface area contributed by atoms with Crippen LogP contribution in [-0.2, 0) is 6.54 Å². The summed E-state index contributed by atoms with van der Waals surface area (Å²) < 4.78 is 1.98. The molecule has 1 atom stereocenters. The van der Waals surface area contributed by atoms with Crippen LogP contribution in [0.1, 0.15) is 52.3 Å². The Labute approximate surface area is 154 Å². The van der Waals surface area contributed by atoms with Gasteiger partial charge in [-0.2, -0.15) is 5.10 Å². The molecule has 3 rings (SSSR count). The quantitative estimate of drug-likeness (QED) is 0.717. The van der Waals surface area contributed by atoms with Crippen LogP contribution in [0.5, 0.6) is 0 Å². The SMILES string of the molecule is CC[C@@H](NC(=O)c1ccc(Cn2nc(C)cc2C)cc1)c1ccccc1. The molecule has 0 aliphatic carbocycles. The molecule has 0 aliphatic heterocycles. The Bertz CT molecular complexity index is 866. The van der Waals surface area contributed by atoms with Crippen molar-refractivity contribution in [2.75, 3.05) is 0 Å². The van der Waals surface area contributed by atoms with E-state index in [1.165, 1.54) is 0 Å². The largest absolute Gasteiger partial charge is 0.345 e. The predicted octanol–water partition coefficient (Wildman–Crippen LogP) is 4.43. The van der Waals surface area contributed by atoms with Crippen molar-refractivity contribution in [3.63, 3.8) is 0 Å². The van der Waals surface area contributed by atoms with Crippen LogP contribution in [0.3, 0.4) is 0 Å². The maximum Gasteiger partial charge on any atom is 0.251 e. The molecule has 0 aliphatic rings. The first-order chi connectivity index (χ1) is 12.6. The van der Waals surface area contributed by atoms with Crippen LogP contribution < -0.4 is 5.32 Å². The van der Waals surface area contributed by atoms with Gasteiger partial charge >= 0.3 is 0 Å². The van der Waals surface area contributed by atoms with E-state index < -0.39 is 0 Å². The fourth-order valence-electron chi connectivity index (χ4n) is 3.12. The van der Waals surface area contributed by atoms with Gasteiger partial charge in [0.1, 0.15) is 0 Å². The van der Waals surface area contributed by atoms with Crippen molar-refractivity contribution in [3.05, 3.63) is 88.7 Å². The Hall–Kier alpha value is -2.88. The molecule has 1 heterocycles. The van der Waals surface area contributed by atoms with Crippen molar-refractivity contribution in [3.8, 4) is 0 Å². The third kappa shape index (κ3) is 4.20. The zero-order valence-corrected chi connectivity index (χ0v) is 15.6. The predicted molar refractivity (Wildman–Crippen MR) is 104 cm³/mol. The zero-order valence-electron chi connectivity index (χ0n) is 15.6. The number of carbonyl (C=O) groups is 1. The van der Waals surface area contributed by atoms with E-state index in [9.17, 15) is 4.79 Å². The molecule has 0 spiro atoms. The van der Waals surface area contributed by atoms with E-state index in [1.807, 2.05) is 66.2 Å². The maximum absolute atomic E-state index is 12.6. The van der Waals surface area contributed by atoms with Crippen LogP contribution in [-0.4, -0.2) is 15.7 Å². The summed E-state index contributed by atoms with van der Waals surface area (Å²) in [4.78, 5) is 12.6. The highest BCUT2D eigenvalue weighted by Gasteiger charge is 2.14. The maximum atomic E-state index is 12.6. The first-order valence-corrected chi connectivity index (χ1v) is 9.02. The monoisotopic (exact) mass is 347 g/mol. The molecule has 0 unspecified atom stereocenters. The number of carbonyl (C=O) groups excluding carboxylic acids is 1. The van der Waals surface area contributed by atoms with Crippen molar-refractivity contribution >= 4 is 5.91 Å². The number of aromatic nitrogens is 2. The van der Waals surface area contributed by atoms with Gasteiger partial charge < -0.3 is 5.32 Å². The molecule has 3 aromatic rings. The molecule has 134 valence electrons. The van der Waals surface area contributed by atoms with E-state index in [0.29, 0.717) is 12.1 Å². The van der Waals surface area contributed by atoms with Crippen LogP contribution >= 0.6 is 0 Å². The van der Waals surface area contributed by atoms with Crippen molar-refractivity contribution in [1.82, 2.24) is 15.1 Å². The molecular weight excluding hydrogens is 322 g/mol. The second-order valence-corrected chi connectivity index (χ2v) is 6.63. The summed E-state index contributed by atoms with van der Waals surface area (Å²) >= 11 is 0. The molecule has 1 aromatic heterocycles. The Morgan fingerprint density at radius 2 is 1.77 bits per heavy atom. The van der Waals surface area contributed by atoms with Gasteiger partial charge in [-0.1, -0.05) is 49.4 Å². The fourth-order valence-corrected chi connectivity index (χ4v) is 3.12. The number of nitrogens with zero attached hydrogens (tertiary/aromatic N) is 2. The normalized spacial score (nSPS) is 12.0. The van der Waals surface area contributed by atoms with E-state index in [4.69, 9.17) is 0 Å².